The van der Waals surface area contributed by atoms with E-state index in [0.717, 1.165) is 37.8 Å². The van der Waals surface area contributed by atoms with Crippen LogP contribution in [0.15, 0.2) is 68.4 Å². The summed E-state index contributed by atoms with van der Waals surface area (Å²) in [6, 6.07) is 16.0. The quantitative estimate of drug-likeness (QED) is 0.530. The van der Waals surface area contributed by atoms with Gasteiger partial charge in [-0.15, -0.1) is 0 Å². The van der Waals surface area contributed by atoms with Crippen molar-refractivity contribution in [2.24, 2.45) is 4.99 Å². The molecule has 0 N–H and O–H groups in total. The van der Waals surface area contributed by atoms with Gasteiger partial charge in [0.05, 0.1) is 11.7 Å². The van der Waals surface area contributed by atoms with E-state index in [1.165, 1.54) is 11.8 Å². The lowest BCUT2D eigenvalue weighted by Crippen LogP contribution is -2.30. The van der Waals surface area contributed by atoms with Crippen LogP contribution in [0, 0.1) is 0 Å². The van der Waals surface area contributed by atoms with E-state index in [1.54, 1.807) is 16.7 Å². The number of benzene rings is 2. The largest absolute Gasteiger partial charge is 0.334 e. The molecule has 2 heterocycles. The first kappa shape index (κ1) is 20.4. The monoisotopic (exact) mass is 443 g/mol. The molecule has 1 atom stereocenters. The normalized spacial score (nSPS) is 21.2. The van der Waals surface area contributed by atoms with E-state index in [-0.39, 0.29) is 11.9 Å². The molecule has 0 bridgehead atoms. The predicted molar refractivity (Wildman–Crippen MR) is 125 cm³/mol. The number of nitrogens with zero attached hydrogens (tertiary/aromatic N) is 3. The van der Waals surface area contributed by atoms with Crippen molar-refractivity contribution in [3.63, 3.8) is 0 Å². The minimum absolute atomic E-state index is 0.0144. The van der Waals surface area contributed by atoms with E-state index >= 15 is 0 Å². The fourth-order valence-electron chi connectivity index (χ4n) is 3.42. The number of thioether (sulfide) groups is 2. The Kier molecular flexibility index (Phi) is 5.95. The zero-order valence-electron chi connectivity index (χ0n) is 16.6. The van der Waals surface area contributed by atoms with Crippen molar-refractivity contribution in [2.75, 3.05) is 18.0 Å². The molecule has 7 heteroatoms. The van der Waals surface area contributed by atoms with Gasteiger partial charge < -0.3 is 4.90 Å². The Hall–Kier alpha value is -1.89. The molecule has 4 rings (SSSR count). The van der Waals surface area contributed by atoms with Crippen LogP contribution in [-0.2, 0) is 4.79 Å². The molecule has 0 aromatic heterocycles. The van der Waals surface area contributed by atoms with Gasteiger partial charge >= 0.3 is 0 Å². The Bertz CT molecular complexity index is 1010. The maximum atomic E-state index is 13.2. The molecule has 150 valence electrons. The molecule has 29 heavy (non-hydrogen) atoms. The molecule has 0 spiro atoms. The summed E-state index contributed by atoms with van der Waals surface area (Å²) in [4.78, 5) is 23.9. The van der Waals surface area contributed by atoms with Crippen molar-refractivity contribution in [1.82, 2.24) is 4.90 Å². The molecule has 0 radical (unpaired) electrons. The second kappa shape index (κ2) is 8.46. The number of rotatable bonds is 4. The molecule has 1 fully saturated rings. The smallest absolute Gasteiger partial charge is 0.269 e. The van der Waals surface area contributed by atoms with Crippen LogP contribution in [0.4, 0.5) is 5.69 Å². The van der Waals surface area contributed by atoms with Crippen LogP contribution >= 0.6 is 35.1 Å². The zero-order valence-corrected chi connectivity index (χ0v) is 18.9. The van der Waals surface area contributed by atoms with Crippen LogP contribution in [0.1, 0.15) is 32.4 Å². The first-order chi connectivity index (χ1) is 14.0. The fraction of sp³-hybridized carbons (Fsp3) is 0.273. The third-order valence-corrected chi connectivity index (χ3v) is 7.57. The average Bonchev–Trinajstić information content (AvgIpc) is 3.24. The summed E-state index contributed by atoms with van der Waals surface area (Å²) >= 11 is 9.32. The number of anilines is 1. The average molecular weight is 444 g/mol. The van der Waals surface area contributed by atoms with Crippen molar-refractivity contribution in [2.45, 2.75) is 31.7 Å². The number of amides is 1. The number of hydrogen-bond acceptors (Lipinski definition) is 5. The summed E-state index contributed by atoms with van der Waals surface area (Å²) in [5.41, 5.74) is 2.20. The summed E-state index contributed by atoms with van der Waals surface area (Å²) in [5, 5.41) is 2.44. The highest BCUT2D eigenvalue weighted by atomic mass is 35.5. The molecule has 1 unspecified atom stereocenters. The van der Waals surface area contributed by atoms with E-state index in [9.17, 15) is 4.79 Å². The van der Waals surface area contributed by atoms with Crippen molar-refractivity contribution in [1.29, 1.82) is 0 Å². The third kappa shape index (κ3) is 3.81. The first-order valence-corrected chi connectivity index (χ1v) is 11.7. The highest BCUT2D eigenvalue weighted by molar-refractivity contribution is 8.19. The van der Waals surface area contributed by atoms with Gasteiger partial charge in [0.1, 0.15) is 9.93 Å². The molecule has 2 aliphatic heterocycles. The third-order valence-electron chi connectivity index (χ3n) is 4.94. The Balaban J connectivity index is 1.71. The second-order valence-corrected chi connectivity index (χ2v) is 9.19. The van der Waals surface area contributed by atoms with E-state index in [2.05, 4.69) is 30.9 Å². The zero-order chi connectivity index (χ0) is 20.5. The van der Waals surface area contributed by atoms with Crippen LogP contribution in [0.3, 0.4) is 0 Å². The summed E-state index contributed by atoms with van der Waals surface area (Å²) in [7, 11) is 0. The molecule has 2 aromatic rings. The lowest BCUT2D eigenvalue weighted by molar-refractivity contribution is -0.122. The molecular formula is C22H22ClN3OS2. The minimum atomic E-state index is -0.0144. The van der Waals surface area contributed by atoms with Crippen molar-refractivity contribution in [3.05, 3.63) is 69.1 Å². The van der Waals surface area contributed by atoms with Gasteiger partial charge in [0.15, 0.2) is 5.17 Å². The standard InChI is InChI=1S/C22H22ClN3OS2/c1-4-25-17-13-16(23)11-12-18(17)28-21(25)19-20(27)26(5-2)22(29-19)24-14(3)15-9-7-6-8-10-15/h6-14H,4-5H2,1-3H3. The Morgan fingerprint density at radius 1 is 1.03 bits per heavy atom. The van der Waals surface area contributed by atoms with Gasteiger partial charge in [0.2, 0.25) is 0 Å². The maximum Gasteiger partial charge on any atom is 0.269 e. The molecule has 2 aromatic carbocycles. The summed E-state index contributed by atoms with van der Waals surface area (Å²) < 4.78 is 0. The molecule has 4 nitrogen and oxygen atoms in total. The van der Waals surface area contributed by atoms with E-state index in [4.69, 9.17) is 16.6 Å². The molecular weight excluding hydrogens is 422 g/mol. The molecule has 2 aliphatic rings. The van der Waals surface area contributed by atoms with Crippen LogP contribution in [0.2, 0.25) is 5.02 Å². The fourth-order valence-corrected chi connectivity index (χ4v) is 6.08. The first-order valence-electron chi connectivity index (χ1n) is 9.65. The highest BCUT2D eigenvalue weighted by Gasteiger charge is 2.39. The van der Waals surface area contributed by atoms with Gasteiger partial charge in [-0.25, -0.2) is 0 Å². The van der Waals surface area contributed by atoms with Crippen molar-refractivity contribution in [3.8, 4) is 0 Å². The molecule has 1 amide bonds. The van der Waals surface area contributed by atoms with Gasteiger partial charge in [0.25, 0.3) is 5.91 Å². The van der Waals surface area contributed by atoms with Crippen molar-refractivity contribution >= 4 is 51.9 Å². The van der Waals surface area contributed by atoms with E-state index < -0.39 is 0 Å². The minimum Gasteiger partial charge on any atom is -0.334 e. The van der Waals surface area contributed by atoms with E-state index in [1.807, 2.05) is 43.3 Å². The lowest BCUT2D eigenvalue weighted by Gasteiger charge is -2.19. The van der Waals surface area contributed by atoms with Crippen LogP contribution in [-0.4, -0.2) is 29.1 Å². The number of halogens is 1. The second-order valence-electron chi connectivity index (χ2n) is 6.74. The maximum absolute atomic E-state index is 13.2. The topological polar surface area (TPSA) is 35.9 Å². The van der Waals surface area contributed by atoms with Crippen molar-refractivity contribution < 1.29 is 4.79 Å². The number of hydrogen-bond donors (Lipinski definition) is 0. The number of fused-ring (bicyclic) bond motifs is 1. The van der Waals surface area contributed by atoms with Gasteiger partial charge in [-0.05, 0) is 56.3 Å². The molecule has 1 saturated heterocycles. The lowest BCUT2D eigenvalue weighted by atomic mass is 10.1. The SMILES string of the molecule is CCN1C(=O)C(=C2Sc3ccc(Cl)cc3N2CC)SC1=NC(C)c1ccccc1. The van der Waals surface area contributed by atoms with Crippen LogP contribution < -0.4 is 4.90 Å². The number of carbonyl (C=O) groups excluding carboxylic acids is 1. The Morgan fingerprint density at radius 2 is 1.76 bits per heavy atom. The predicted octanol–water partition coefficient (Wildman–Crippen LogP) is 6.15. The number of likely N-dealkylation sites (N-methyl/N-ethyl adjacent to an activating group) is 1. The van der Waals surface area contributed by atoms with Gasteiger partial charge in [-0.1, -0.05) is 53.7 Å². The number of amidine groups is 1. The summed E-state index contributed by atoms with van der Waals surface area (Å²) in [6.45, 7) is 7.51. The van der Waals surface area contributed by atoms with Gasteiger partial charge in [-0.2, -0.15) is 0 Å². The molecule has 0 saturated carbocycles. The van der Waals surface area contributed by atoms with Gasteiger partial charge in [-0.3, -0.25) is 14.7 Å². The van der Waals surface area contributed by atoms with Crippen LogP contribution in [0.25, 0.3) is 0 Å². The van der Waals surface area contributed by atoms with E-state index in [0.29, 0.717) is 11.6 Å². The van der Waals surface area contributed by atoms with Crippen LogP contribution in [0.5, 0.6) is 0 Å². The summed E-state index contributed by atoms with van der Waals surface area (Å²) in [6.07, 6.45) is 0. The Morgan fingerprint density at radius 3 is 2.45 bits per heavy atom. The number of carbonyl (C=O) groups is 1. The highest BCUT2D eigenvalue weighted by Crippen LogP contribution is 2.51. The summed E-state index contributed by atoms with van der Waals surface area (Å²) in [5.74, 6) is 0.0244. The number of aliphatic imine (C=N–C) groups is 1. The molecule has 0 aliphatic carbocycles. The Labute approximate surface area is 185 Å². The van der Waals surface area contributed by atoms with Gasteiger partial charge in [0, 0.05) is 23.0 Å².